The molecule has 0 aromatic heterocycles. The maximum atomic E-state index is 11.6. The molecule has 4 unspecified atom stereocenters. The first-order valence-electron chi connectivity index (χ1n) is 5.44. The second kappa shape index (κ2) is 2.32. The van der Waals surface area contributed by atoms with Crippen LogP contribution in [0.3, 0.4) is 0 Å². The summed E-state index contributed by atoms with van der Waals surface area (Å²) < 4.78 is 0. The van der Waals surface area contributed by atoms with Crippen molar-refractivity contribution in [3.8, 4) is 0 Å². The van der Waals surface area contributed by atoms with E-state index >= 15 is 0 Å². The number of hydrogen-bond acceptors (Lipinski definition) is 2. The van der Waals surface area contributed by atoms with Gasteiger partial charge in [0.2, 0.25) is 0 Å². The van der Waals surface area contributed by atoms with E-state index in [2.05, 4.69) is 35.7 Å². The van der Waals surface area contributed by atoms with Crippen LogP contribution in [0.2, 0.25) is 0 Å². The molecule has 1 fully saturated rings. The zero-order chi connectivity index (χ0) is 9.99. The summed E-state index contributed by atoms with van der Waals surface area (Å²) in [5.74, 6) is 1.68. The van der Waals surface area contributed by atoms with Crippen molar-refractivity contribution in [3.05, 3.63) is 47.7 Å². The third-order valence-electron chi connectivity index (χ3n) is 3.85. The second-order valence-electron chi connectivity index (χ2n) is 4.65. The zero-order valence-electron chi connectivity index (χ0n) is 8.18. The van der Waals surface area contributed by atoms with Gasteiger partial charge in [-0.2, -0.15) is 0 Å². The minimum Gasteiger partial charge on any atom is -0.381 e. The van der Waals surface area contributed by atoms with E-state index in [1.165, 1.54) is 0 Å². The fourth-order valence-corrected chi connectivity index (χ4v) is 3.09. The molecular weight excluding hydrogens is 186 g/mol. The first kappa shape index (κ1) is 7.69. The fourth-order valence-electron chi connectivity index (χ4n) is 3.09. The highest BCUT2D eigenvalue weighted by atomic mass is 16.1. The molecule has 4 rings (SSSR count). The standard InChI is InChI=1S/C13H11NO/c15-12-6-11-13(9-5-8(9)12)7-3-1-2-4-10(7)14-11/h1-7,9-10,13-14H. The van der Waals surface area contributed by atoms with Gasteiger partial charge in [-0.25, -0.2) is 0 Å². The Morgan fingerprint density at radius 1 is 1.20 bits per heavy atom. The third-order valence-corrected chi connectivity index (χ3v) is 3.85. The lowest BCUT2D eigenvalue weighted by Crippen LogP contribution is -2.24. The van der Waals surface area contributed by atoms with Crippen LogP contribution < -0.4 is 5.32 Å². The van der Waals surface area contributed by atoms with Crippen LogP contribution in [0.1, 0.15) is 0 Å². The second-order valence-corrected chi connectivity index (χ2v) is 4.65. The Bertz CT molecular complexity index is 481. The molecule has 2 heteroatoms. The van der Waals surface area contributed by atoms with Crippen molar-refractivity contribution in [2.24, 2.45) is 17.8 Å². The quantitative estimate of drug-likeness (QED) is 0.635. The molecular formula is C13H11NO. The Hall–Kier alpha value is -1.57. The summed E-state index contributed by atoms with van der Waals surface area (Å²) in [5, 5.41) is 3.45. The number of nitrogens with one attached hydrogen (secondary N) is 1. The van der Waals surface area contributed by atoms with Crippen molar-refractivity contribution >= 4 is 5.78 Å². The molecule has 15 heavy (non-hydrogen) atoms. The van der Waals surface area contributed by atoms with Crippen molar-refractivity contribution < 1.29 is 4.79 Å². The van der Waals surface area contributed by atoms with Crippen molar-refractivity contribution in [1.82, 2.24) is 5.32 Å². The number of fused-ring (bicyclic) bond motifs is 5. The Balaban J connectivity index is 1.80. The Morgan fingerprint density at radius 2 is 2.07 bits per heavy atom. The van der Waals surface area contributed by atoms with Crippen molar-refractivity contribution in [3.63, 3.8) is 0 Å². The van der Waals surface area contributed by atoms with E-state index in [1.807, 2.05) is 0 Å². The van der Waals surface area contributed by atoms with Crippen molar-refractivity contribution in [1.29, 1.82) is 0 Å². The van der Waals surface area contributed by atoms with Crippen LogP contribution in [0.25, 0.3) is 0 Å². The summed E-state index contributed by atoms with van der Waals surface area (Å²) in [5.41, 5.74) is 2.18. The monoisotopic (exact) mass is 197 g/mol. The molecule has 0 aromatic carbocycles. The minimum absolute atomic E-state index is 0.213. The summed E-state index contributed by atoms with van der Waals surface area (Å²) in [6.07, 6.45) is 12.6. The molecule has 2 nitrogen and oxygen atoms in total. The molecule has 74 valence electrons. The molecule has 1 N–H and O–H groups in total. The van der Waals surface area contributed by atoms with Gasteiger partial charge in [-0.3, -0.25) is 4.79 Å². The molecule has 0 aromatic rings. The maximum Gasteiger partial charge on any atom is 0.183 e. The number of carbonyl (C=O) groups is 1. The van der Waals surface area contributed by atoms with Crippen LogP contribution in [0, 0.1) is 17.8 Å². The van der Waals surface area contributed by atoms with Crippen molar-refractivity contribution in [2.45, 2.75) is 6.04 Å². The van der Waals surface area contributed by atoms with Crippen molar-refractivity contribution in [2.75, 3.05) is 0 Å². The third kappa shape index (κ3) is 0.870. The number of hydrogen-bond donors (Lipinski definition) is 1. The van der Waals surface area contributed by atoms with E-state index in [-0.39, 0.29) is 5.78 Å². The van der Waals surface area contributed by atoms with Gasteiger partial charge >= 0.3 is 0 Å². The van der Waals surface area contributed by atoms with Crippen LogP contribution in [0.4, 0.5) is 0 Å². The van der Waals surface area contributed by atoms with E-state index < -0.39 is 0 Å². The molecule has 0 radical (unpaired) electrons. The summed E-state index contributed by atoms with van der Waals surface area (Å²) in [4.78, 5) is 11.6. The van der Waals surface area contributed by atoms with E-state index in [9.17, 15) is 4.79 Å². The molecule has 0 spiro atoms. The van der Waals surface area contributed by atoms with E-state index in [0.29, 0.717) is 23.8 Å². The summed E-state index contributed by atoms with van der Waals surface area (Å²) in [7, 11) is 0. The molecule has 3 aliphatic carbocycles. The van der Waals surface area contributed by atoms with Crippen LogP contribution in [0.15, 0.2) is 47.7 Å². The molecule has 1 aliphatic heterocycles. The summed E-state index contributed by atoms with van der Waals surface area (Å²) in [6.45, 7) is 0. The predicted molar refractivity (Wildman–Crippen MR) is 56.8 cm³/mol. The zero-order valence-corrected chi connectivity index (χ0v) is 8.18. The van der Waals surface area contributed by atoms with Gasteiger partial charge in [0.15, 0.2) is 5.78 Å². The molecule has 1 heterocycles. The van der Waals surface area contributed by atoms with Gasteiger partial charge in [-0.05, 0) is 0 Å². The van der Waals surface area contributed by atoms with Gasteiger partial charge in [0.05, 0.1) is 6.04 Å². The Morgan fingerprint density at radius 3 is 3.00 bits per heavy atom. The number of allylic oxidation sites excluding steroid dienone is 6. The lowest BCUT2D eigenvalue weighted by Gasteiger charge is -2.21. The maximum absolute atomic E-state index is 11.6. The van der Waals surface area contributed by atoms with Crippen LogP contribution in [0.5, 0.6) is 0 Å². The van der Waals surface area contributed by atoms with Crippen LogP contribution in [-0.2, 0) is 4.79 Å². The lowest BCUT2D eigenvalue weighted by atomic mass is 9.79. The van der Waals surface area contributed by atoms with Gasteiger partial charge in [0.25, 0.3) is 0 Å². The molecule has 0 bridgehead atoms. The normalized spacial score (nSPS) is 43.6. The largest absolute Gasteiger partial charge is 0.381 e. The number of rotatable bonds is 0. The predicted octanol–water partition coefficient (Wildman–Crippen LogP) is 1.34. The summed E-state index contributed by atoms with van der Waals surface area (Å²) in [6, 6.07) is 0.396. The van der Waals surface area contributed by atoms with Gasteiger partial charge in [-0.1, -0.05) is 30.4 Å². The van der Waals surface area contributed by atoms with Gasteiger partial charge in [-0.15, -0.1) is 0 Å². The van der Waals surface area contributed by atoms with Crippen LogP contribution >= 0.6 is 0 Å². The van der Waals surface area contributed by atoms with Gasteiger partial charge in [0.1, 0.15) is 0 Å². The number of carbonyl (C=O) groups excluding carboxylic acids is 1. The van der Waals surface area contributed by atoms with Gasteiger partial charge < -0.3 is 5.32 Å². The Kier molecular flexibility index (Phi) is 1.19. The smallest absolute Gasteiger partial charge is 0.183 e. The highest BCUT2D eigenvalue weighted by molar-refractivity contribution is 6.09. The molecule has 4 atom stereocenters. The lowest BCUT2D eigenvalue weighted by molar-refractivity contribution is -0.111. The molecule has 4 aliphatic rings. The molecule has 1 saturated heterocycles. The van der Waals surface area contributed by atoms with E-state index in [1.54, 1.807) is 6.08 Å². The average Bonchev–Trinajstić information content (AvgIpc) is 2.95. The highest BCUT2D eigenvalue weighted by Gasteiger charge is 2.50. The van der Waals surface area contributed by atoms with E-state index in [4.69, 9.17) is 0 Å². The van der Waals surface area contributed by atoms with Crippen LogP contribution in [-0.4, -0.2) is 11.8 Å². The Labute approximate surface area is 88.0 Å². The summed E-state index contributed by atoms with van der Waals surface area (Å²) >= 11 is 0. The molecule has 0 saturated carbocycles. The number of ketones is 1. The first-order valence-corrected chi connectivity index (χ1v) is 5.44. The highest BCUT2D eigenvalue weighted by Crippen LogP contribution is 2.51. The first-order chi connectivity index (χ1) is 7.34. The fraction of sp³-hybridized carbons (Fsp3) is 0.308. The SMILES string of the molecule is O=C1C=C2NC3C=CC=CC3C2C2C=C12. The molecule has 0 amide bonds. The average molecular weight is 197 g/mol. The minimum atomic E-state index is 0.213. The van der Waals surface area contributed by atoms with Gasteiger partial charge in [0, 0.05) is 35.1 Å². The topological polar surface area (TPSA) is 29.1 Å². The van der Waals surface area contributed by atoms with E-state index in [0.717, 1.165) is 11.3 Å².